The van der Waals surface area contributed by atoms with Gasteiger partial charge in [-0.3, -0.25) is 4.99 Å². The Kier molecular flexibility index (Phi) is 12.0. The molecule has 0 unspecified atom stereocenters. The molecule has 3 nitrogen and oxygen atoms in total. The molecule has 1 aliphatic rings. The lowest BCUT2D eigenvalue weighted by Gasteiger charge is -2.22. The van der Waals surface area contributed by atoms with Crippen LogP contribution in [0.5, 0.6) is 11.5 Å². The van der Waals surface area contributed by atoms with Crippen LogP contribution in [0, 0.1) is 0 Å². The van der Waals surface area contributed by atoms with Crippen molar-refractivity contribution in [3.63, 3.8) is 0 Å². The van der Waals surface area contributed by atoms with Crippen LogP contribution >= 0.6 is 0 Å². The smallest absolute Gasteiger partial charge is 0.128 e. The summed E-state index contributed by atoms with van der Waals surface area (Å²) in [4.78, 5) is 4.67. The van der Waals surface area contributed by atoms with Crippen LogP contribution in [0.1, 0.15) is 98.1 Å². The fourth-order valence-corrected chi connectivity index (χ4v) is 2.83. The summed E-state index contributed by atoms with van der Waals surface area (Å²) in [6.45, 7) is 14.5. The molecule has 1 aliphatic carbocycles. The van der Waals surface area contributed by atoms with E-state index in [2.05, 4.69) is 39.6 Å². The van der Waals surface area contributed by atoms with E-state index in [1.165, 1.54) is 25.7 Å². The van der Waals surface area contributed by atoms with Crippen molar-refractivity contribution in [2.75, 3.05) is 7.11 Å². The first-order chi connectivity index (χ1) is 12.3. The van der Waals surface area contributed by atoms with E-state index in [1.807, 2.05) is 32.2 Å². The maximum atomic E-state index is 10.5. The first kappa shape index (κ1) is 24.5. The minimum Gasteiger partial charge on any atom is -0.507 e. The Balaban J connectivity index is 0.00000113. The second-order valence-corrected chi connectivity index (χ2v) is 7.64. The summed E-state index contributed by atoms with van der Waals surface area (Å²) in [6, 6.07) is 4.17. The van der Waals surface area contributed by atoms with Gasteiger partial charge in [0.1, 0.15) is 11.5 Å². The molecule has 0 aromatic heterocycles. The number of hydrogen-bond acceptors (Lipinski definition) is 3. The number of aliphatic imine (C=N–C) groups is 1. The summed E-state index contributed by atoms with van der Waals surface area (Å²) >= 11 is 0. The van der Waals surface area contributed by atoms with Crippen LogP contribution in [0.25, 0.3) is 0 Å². The highest BCUT2D eigenvalue weighted by atomic mass is 16.5. The Morgan fingerprint density at radius 3 is 2.12 bits per heavy atom. The van der Waals surface area contributed by atoms with E-state index in [1.54, 1.807) is 7.11 Å². The highest BCUT2D eigenvalue weighted by Gasteiger charge is 2.21. The maximum Gasteiger partial charge on any atom is 0.128 e. The highest BCUT2D eigenvalue weighted by Crippen LogP contribution is 2.36. The molecule has 0 aliphatic heterocycles. The van der Waals surface area contributed by atoms with Gasteiger partial charge in [-0.25, -0.2) is 0 Å². The van der Waals surface area contributed by atoms with Crippen molar-refractivity contribution >= 4 is 6.21 Å². The van der Waals surface area contributed by atoms with Crippen LogP contribution < -0.4 is 4.74 Å². The molecule has 0 saturated heterocycles. The summed E-state index contributed by atoms with van der Waals surface area (Å²) in [5.41, 5.74) is 1.52. The van der Waals surface area contributed by atoms with Gasteiger partial charge in [-0.15, -0.1) is 0 Å². The molecule has 26 heavy (non-hydrogen) atoms. The molecule has 2 rings (SSSR count). The van der Waals surface area contributed by atoms with Crippen LogP contribution in [0.2, 0.25) is 0 Å². The number of methoxy groups -OCH3 is 1. The number of phenolic OH excluding ortho intramolecular Hbond substituents is 1. The van der Waals surface area contributed by atoms with E-state index in [4.69, 9.17) is 4.74 Å². The van der Waals surface area contributed by atoms with Gasteiger partial charge in [0.25, 0.3) is 0 Å². The average molecular weight is 364 g/mol. The summed E-state index contributed by atoms with van der Waals surface area (Å²) in [5, 5.41) is 10.5. The number of aromatic hydroxyl groups is 1. The third kappa shape index (κ3) is 8.25. The zero-order chi connectivity index (χ0) is 20.2. The van der Waals surface area contributed by atoms with E-state index in [-0.39, 0.29) is 5.41 Å². The highest BCUT2D eigenvalue weighted by molar-refractivity contribution is 5.85. The molecule has 0 heterocycles. The van der Waals surface area contributed by atoms with Crippen LogP contribution in [-0.2, 0) is 5.41 Å². The van der Waals surface area contributed by atoms with Crippen LogP contribution in [0.4, 0.5) is 0 Å². The quantitative estimate of drug-likeness (QED) is 0.594. The van der Waals surface area contributed by atoms with Gasteiger partial charge in [-0.1, -0.05) is 74.1 Å². The lowest BCUT2D eigenvalue weighted by Crippen LogP contribution is -2.13. The van der Waals surface area contributed by atoms with E-state index >= 15 is 0 Å². The molecular formula is C23H41NO2. The van der Waals surface area contributed by atoms with Crippen molar-refractivity contribution in [2.24, 2.45) is 4.99 Å². The van der Waals surface area contributed by atoms with Crippen molar-refractivity contribution in [3.05, 3.63) is 23.3 Å². The molecule has 0 spiro atoms. The molecule has 0 bridgehead atoms. The second kappa shape index (κ2) is 12.8. The first-order valence-corrected chi connectivity index (χ1v) is 10.3. The van der Waals surface area contributed by atoms with Gasteiger partial charge in [0.2, 0.25) is 0 Å². The predicted molar refractivity (Wildman–Crippen MR) is 115 cm³/mol. The summed E-state index contributed by atoms with van der Waals surface area (Å²) < 4.78 is 5.36. The van der Waals surface area contributed by atoms with Gasteiger partial charge < -0.3 is 9.84 Å². The Labute approximate surface area is 161 Å². The minimum absolute atomic E-state index is 0.133. The summed E-state index contributed by atoms with van der Waals surface area (Å²) in [7, 11) is 1.65. The van der Waals surface area contributed by atoms with Gasteiger partial charge in [-0.2, -0.15) is 0 Å². The fourth-order valence-electron chi connectivity index (χ4n) is 2.83. The zero-order valence-corrected chi connectivity index (χ0v) is 18.4. The number of ether oxygens (including phenoxy) is 1. The normalized spacial score (nSPS) is 14.9. The molecular weight excluding hydrogens is 322 g/mol. The minimum atomic E-state index is -0.133. The monoisotopic (exact) mass is 363 g/mol. The number of nitrogens with zero attached hydrogens (tertiary/aromatic N) is 1. The Bertz CT molecular complexity index is 524. The topological polar surface area (TPSA) is 41.8 Å². The average Bonchev–Trinajstić information content (AvgIpc) is 2.63. The maximum absolute atomic E-state index is 10.5. The molecule has 150 valence electrons. The second-order valence-electron chi connectivity index (χ2n) is 7.64. The lowest BCUT2D eigenvalue weighted by molar-refractivity contribution is 0.405. The van der Waals surface area contributed by atoms with Gasteiger partial charge in [0.15, 0.2) is 0 Å². The molecule has 1 saturated carbocycles. The predicted octanol–water partition coefficient (Wildman–Crippen LogP) is 6.89. The van der Waals surface area contributed by atoms with Crippen LogP contribution in [0.15, 0.2) is 17.1 Å². The first-order valence-electron chi connectivity index (χ1n) is 10.3. The van der Waals surface area contributed by atoms with Crippen molar-refractivity contribution in [3.8, 4) is 11.5 Å². The van der Waals surface area contributed by atoms with Crippen molar-refractivity contribution in [1.82, 2.24) is 0 Å². The summed E-state index contributed by atoms with van der Waals surface area (Å²) in [5.74, 6) is 1.09. The van der Waals surface area contributed by atoms with Gasteiger partial charge >= 0.3 is 0 Å². The van der Waals surface area contributed by atoms with Crippen LogP contribution in [-0.4, -0.2) is 24.5 Å². The standard InChI is InChI=1S/C18H27NO2.C3H8.C2H6/c1-18(2,3)16-11-15(21-4)10-13(17(16)20)12-19-14-8-6-5-7-9-14;1-3-2;1-2/h10-12,14,20H,5-9H2,1-4H3;3H2,1-2H3;1-2H3. The molecule has 0 amide bonds. The van der Waals surface area contributed by atoms with Crippen molar-refractivity contribution < 1.29 is 9.84 Å². The molecule has 3 heteroatoms. The number of hydrogen-bond donors (Lipinski definition) is 1. The largest absolute Gasteiger partial charge is 0.507 e. The third-order valence-electron chi connectivity index (χ3n) is 4.16. The van der Waals surface area contributed by atoms with Gasteiger partial charge in [0, 0.05) is 23.4 Å². The van der Waals surface area contributed by atoms with E-state index in [9.17, 15) is 5.11 Å². The number of benzene rings is 1. The van der Waals surface area contributed by atoms with E-state index < -0.39 is 0 Å². The van der Waals surface area contributed by atoms with Gasteiger partial charge in [0.05, 0.1) is 7.11 Å². The van der Waals surface area contributed by atoms with Crippen molar-refractivity contribution in [1.29, 1.82) is 0 Å². The van der Waals surface area contributed by atoms with Crippen molar-refractivity contribution in [2.45, 2.75) is 98.4 Å². The molecule has 1 N–H and O–H groups in total. The molecule has 0 radical (unpaired) electrons. The molecule has 1 fully saturated rings. The Hall–Kier alpha value is -1.51. The summed E-state index contributed by atoms with van der Waals surface area (Å²) in [6.07, 6.45) is 9.24. The van der Waals surface area contributed by atoms with E-state index in [0.29, 0.717) is 11.8 Å². The van der Waals surface area contributed by atoms with E-state index in [0.717, 1.165) is 29.7 Å². The lowest BCUT2D eigenvalue weighted by atomic mass is 9.85. The van der Waals surface area contributed by atoms with Gasteiger partial charge in [-0.05, 0) is 30.4 Å². The fraction of sp³-hybridized carbons (Fsp3) is 0.696. The zero-order valence-electron chi connectivity index (χ0n) is 18.4. The Morgan fingerprint density at radius 1 is 1.12 bits per heavy atom. The third-order valence-corrected chi connectivity index (χ3v) is 4.16. The molecule has 0 atom stereocenters. The molecule has 1 aromatic rings. The number of rotatable bonds is 3. The number of phenols is 1. The SMILES string of the molecule is CC.CCC.COc1cc(C=NC2CCCCC2)c(O)c(C(C)(C)C)c1. The molecule has 1 aromatic carbocycles. The van der Waals surface area contributed by atoms with Crippen LogP contribution in [0.3, 0.4) is 0 Å². The Morgan fingerprint density at radius 2 is 1.65 bits per heavy atom.